The minimum absolute atomic E-state index is 0.0674. The third-order valence-electron chi connectivity index (χ3n) is 1.64. The molecule has 0 aliphatic heterocycles. The molecule has 0 aliphatic rings. The molecule has 0 heterocycles. The van der Waals surface area contributed by atoms with Crippen LogP contribution >= 0.6 is 11.8 Å². The summed E-state index contributed by atoms with van der Waals surface area (Å²) in [7, 11) is 0. The fraction of sp³-hybridized carbons (Fsp3) is 0.300. The van der Waals surface area contributed by atoms with Crippen LogP contribution in [0, 0.1) is 5.82 Å². The Labute approximate surface area is 90.3 Å². The number of alkyl halides is 1. The highest BCUT2D eigenvalue weighted by Gasteiger charge is 2.11. The Balaban J connectivity index is 2.36. The molecule has 0 spiro atoms. The Morgan fingerprint density at radius 3 is 2.53 bits per heavy atom. The lowest BCUT2D eigenvalue weighted by atomic mass is 10.3. The second-order valence-electron chi connectivity index (χ2n) is 2.96. The van der Waals surface area contributed by atoms with E-state index in [0.29, 0.717) is 0 Å². The fourth-order valence-electron chi connectivity index (χ4n) is 0.966. The molecule has 0 aromatic heterocycles. The van der Waals surface area contributed by atoms with Crippen LogP contribution in [0.15, 0.2) is 29.2 Å². The van der Waals surface area contributed by atoms with E-state index in [-0.39, 0.29) is 11.6 Å². The molecule has 82 valence electrons. The van der Waals surface area contributed by atoms with Crippen LogP contribution < -0.4 is 0 Å². The van der Waals surface area contributed by atoms with Crippen LogP contribution in [0.3, 0.4) is 0 Å². The van der Waals surface area contributed by atoms with Gasteiger partial charge in [0.2, 0.25) is 0 Å². The zero-order valence-electron chi connectivity index (χ0n) is 7.82. The summed E-state index contributed by atoms with van der Waals surface area (Å²) in [6.07, 6.45) is -1.87. The van der Waals surface area contributed by atoms with Gasteiger partial charge in [-0.05, 0) is 24.3 Å². The van der Waals surface area contributed by atoms with Gasteiger partial charge in [-0.3, -0.25) is 4.79 Å². The molecule has 0 aliphatic carbocycles. The minimum atomic E-state index is -1.38. The Kier molecular flexibility index (Phi) is 4.55. The Morgan fingerprint density at radius 1 is 1.40 bits per heavy atom. The summed E-state index contributed by atoms with van der Waals surface area (Å²) in [6, 6.07) is 5.64. The van der Waals surface area contributed by atoms with Crippen molar-refractivity contribution in [1.29, 1.82) is 0 Å². The van der Waals surface area contributed by atoms with E-state index in [1.165, 1.54) is 36.0 Å². The first-order chi connectivity index (χ1) is 7.08. The first kappa shape index (κ1) is 12.0. The zero-order chi connectivity index (χ0) is 11.3. The molecule has 1 unspecified atom stereocenters. The Bertz CT molecular complexity index is 327. The van der Waals surface area contributed by atoms with E-state index in [4.69, 9.17) is 5.11 Å². The second-order valence-corrected chi connectivity index (χ2v) is 4.05. The van der Waals surface area contributed by atoms with Crippen molar-refractivity contribution in [3.05, 3.63) is 30.1 Å². The van der Waals surface area contributed by atoms with Gasteiger partial charge in [-0.1, -0.05) is 0 Å². The molecular weight excluding hydrogens is 222 g/mol. The van der Waals surface area contributed by atoms with Crippen LogP contribution in [0.1, 0.15) is 6.42 Å². The molecule has 0 saturated heterocycles. The fourth-order valence-corrected chi connectivity index (χ4v) is 1.79. The number of rotatable bonds is 5. The van der Waals surface area contributed by atoms with Crippen molar-refractivity contribution in [2.24, 2.45) is 0 Å². The summed E-state index contributed by atoms with van der Waals surface area (Å²) in [4.78, 5) is 10.9. The lowest BCUT2D eigenvalue weighted by Gasteiger charge is -2.04. The van der Waals surface area contributed by atoms with Crippen LogP contribution in [-0.4, -0.2) is 23.0 Å². The second kappa shape index (κ2) is 5.70. The number of benzene rings is 1. The highest BCUT2D eigenvalue weighted by Crippen LogP contribution is 2.20. The summed E-state index contributed by atoms with van der Waals surface area (Å²) in [5.41, 5.74) is 0. The van der Waals surface area contributed by atoms with Crippen LogP contribution in [-0.2, 0) is 4.79 Å². The van der Waals surface area contributed by atoms with Gasteiger partial charge in [-0.2, -0.15) is 0 Å². The van der Waals surface area contributed by atoms with Crippen molar-refractivity contribution >= 4 is 17.7 Å². The lowest BCUT2D eigenvalue weighted by molar-refractivity contribution is -0.138. The number of carboxylic acid groups (broad SMARTS) is 1. The molecule has 5 heteroatoms. The first-order valence-corrected chi connectivity index (χ1v) is 5.30. The average Bonchev–Trinajstić information content (AvgIpc) is 2.16. The number of hydrogen-bond acceptors (Lipinski definition) is 2. The largest absolute Gasteiger partial charge is 0.481 e. The van der Waals surface area contributed by atoms with E-state index in [9.17, 15) is 13.6 Å². The van der Waals surface area contributed by atoms with E-state index in [0.717, 1.165) is 4.90 Å². The van der Waals surface area contributed by atoms with Gasteiger partial charge >= 0.3 is 5.97 Å². The number of carboxylic acids is 1. The number of thioether (sulfide) groups is 1. The number of halogens is 2. The molecule has 2 nitrogen and oxygen atoms in total. The summed E-state index contributed by atoms with van der Waals surface area (Å²) in [6.45, 7) is 0. The van der Waals surface area contributed by atoms with Gasteiger partial charge in [0.05, 0.1) is 6.42 Å². The summed E-state index contributed by atoms with van der Waals surface area (Å²) >= 11 is 1.17. The van der Waals surface area contributed by atoms with Crippen molar-refractivity contribution in [3.63, 3.8) is 0 Å². The first-order valence-electron chi connectivity index (χ1n) is 4.32. The smallest absolute Gasteiger partial charge is 0.306 e. The molecular formula is C10H10F2O2S. The Morgan fingerprint density at radius 2 is 2.00 bits per heavy atom. The third-order valence-corrected chi connectivity index (χ3v) is 2.77. The van der Waals surface area contributed by atoms with Gasteiger partial charge in [0.1, 0.15) is 12.0 Å². The van der Waals surface area contributed by atoms with Gasteiger partial charge in [-0.25, -0.2) is 8.78 Å². The molecule has 15 heavy (non-hydrogen) atoms. The summed E-state index contributed by atoms with van der Waals surface area (Å²) in [5.74, 6) is -1.43. The van der Waals surface area contributed by atoms with Crippen LogP contribution in [0.2, 0.25) is 0 Å². The van der Waals surface area contributed by atoms with E-state index in [1.54, 1.807) is 0 Å². The van der Waals surface area contributed by atoms with Gasteiger partial charge in [0.15, 0.2) is 0 Å². The zero-order valence-corrected chi connectivity index (χ0v) is 8.64. The molecule has 0 amide bonds. The molecule has 1 rings (SSSR count). The maximum absolute atomic E-state index is 12.9. The van der Waals surface area contributed by atoms with Crippen molar-refractivity contribution < 1.29 is 18.7 Å². The molecule has 0 radical (unpaired) electrons. The van der Waals surface area contributed by atoms with Gasteiger partial charge in [0.25, 0.3) is 0 Å². The SMILES string of the molecule is O=C(O)CC(F)CSc1ccc(F)cc1. The minimum Gasteiger partial charge on any atom is -0.481 e. The Hall–Kier alpha value is -1.10. The monoisotopic (exact) mass is 232 g/mol. The number of hydrogen-bond donors (Lipinski definition) is 1. The van der Waals surface area contributed by atoms with Gasteiger partial charge < -0.3 is 5.11 Å². The predicted octanol–water partition coefficient (Wildman–Crippen LogP) is 2.73. The summed E-state index contributed by atoms with van der Waals surface area (Å²) in [5, 5.41) is 8.32. The molecule has 1 N–H and O–H groups in total. The summed E-state index contributed by atoms with van der Waals surface area (Å²) < 4.78 is 25.4. The highest BCUT2D eigenvalue weighted by molar-refractivity contribution is 7.99. The van der Waals surface area contributed by atoms with Crippen molar-refractivity contribution in [2.45, 2.75) is 17.5 Å². The molecule has 1 aromatic rings. The van der Waals surface area contributed by atoms with E-state index < -0.39 is 18.6 Å². The molecule has 1 aromatic carbocycles. The van der Waals surface area contributed by atoms with E-state index >= 15 is 0 Å². The van der Waals surface area contributed by atoms with Gasteiger partial charge in [-0.15, -0.1) is 11.8 Å². The standard InChI is InChI=1S/C10H10F2O2S/c11-7-1-3-9(4-2-7)15-6-8(12)5-10(13)14/h1-4,8H,5-6H2,(H,13,14). The topological polar surface area (TPSA) is 37.3 Å². The van der Waals surface area contributed by atoms with Crippen molar-refractivity contribution in [2.75, 3.05) is 5.75 Å². The number of carbonyl (C=O) groups is 1. The van der Waals surface area contributed by atoms with Crippen molar-refractivity contribution in [1.82, 2.24) is 0 Å². The normalized spacial score (nSPS) is 12.4. The van der Waals surface area contributed by atoms with Gasteiger partial charge in [0, 0.05) is 10.6 Å². The molecule has 1 atom stereocenters. The quantitative estimate of drug-likeness (QED) is 0.793. The van der Waals surface area contributed by atoms with Crippen molar-refractivity contribution in [3.8, 4) is 0 Å². The van der Waals surface area contributed by atoms with E-state index in [1.807, 2.05) is 0 Å². The predicted molar refractivity (Wildman–Crippen MR) is 54.3 cm³/mol. The van der Waals surface area contributed by atoms with E-state index in [2.05, 4.69) is 0 Å². The van der Waals surface area contributed by atoms with Crippen LogP contribution in [0.4, 0.5) is 8.78 Å². The third kappa shape index (κ3) is 4.78. The van der Waals surface area contributed by atoms with Crippen LogP contribution in [0.5, 0.6) is 0 Å². The molecule has 0 saturated carbocycles. The highest BCUT2D eigenvalue weighted by atomic mass is 32.2. The maximum atomic E-state index is 12.9. The molecule has 0 fully saturated rings. The lowest BCUT2D eigenvalue weighted by Crippen LogP contribution is -2.10. The van der Waals surface area contributed by atoms with Crippen LogP contribution in [0.25, 0.3) is 0 Å². The number of aliphatic carboxylic acids is 1. The maximum Gasteiger partial charge on any atom is 0.306 e. The molecule has 0 bridgehead atoms. The average molecular weight is 232 g/mol.